The van der Waals surface area contributed by atoms with Crippen LogP contribution >= 0.6 is 47.8 Å². The van der Waals surface area contributed by atoms with E-state index in [0.717, 1.165) is 25.9 Å². The quantitative estimate of drug-likeness (QED) is 0.689. The van der Waals surface area contributed by atoms with Crippen LogP contribution in [0.2, 0.25) is 0 Å². The monoisotopic (exact) mass is 453 g/mol. The Balaban J connectivity index is 2.21. The van der Waals surface area contributed by atoms with Crippen molar-refractivity contribution >= 4 is 53.6 Å². The fraction of sp³-hybridized carbons (Fsp3) is 0.462. The van der Waals surface area contributed by atoms with E-state index in [1.165, 1.54) is 6.42 Å². The number of aromatic hydroxyl groups is 1. The highest BCUT2D eigenvalue weighted by atomic mass is 79.9. The van der Waals surface area contributed by atoms with Gasteiger partial charge in [0, 0.05) is 4.47 Å². The third-order valence-corrected chi connectivity index (χ3v) is 5.24. The van der Waals surface area contributed by atoms with Crippen molar-refractivity contribution < 1.29 is 9.90 Å². The molecule has 1 aliphatic rings. The van der Waals surface area contributed by atoms with Gasteiger partial charge in [-0.1, -0.05) is 6.42 Å². The minimum Gasteiger partial charge on any atom is -0.506 e. The van der Waals surface area contributed by atoms with Crippen molar-refractivity contribution in [1.82, 2.24) is 4.90 Å². The molecule has 19 heavy (non-hydrogen) atoms. The van der Waals surface area contributed by atoms with Gasteiger partial charge in [-0.25, -0.2) is 0 Å². The highest BCUT2D eigenvalue weighted by Crippen LogP contribution is 2.39. The summed E-state index contributed by atoms with van der Waals surface area (Å²) < 4.78 is 1.68. The number of halogens is 3. The molecule has 0 radical (unpaired) electrons. The van der Waals surface area contributed by atoms with Gasteiger partial charge in [-0.2, -0.15) is 0 Å². The van der Waals surface area contributed by atoms with Gasteiger partial charge in [0.2, 0.25) is 0 Å². The van der Waals surface area contributed by atoms with E-state index in [1.54, 1.807) is 6.07 Å². The van der Waals surface area contributed by atoms with Crippen molar-refractivity contribution in [1.29, 1.82) is 0 Å². The number of likely N-dealkylation sites (tertiary alicyclic amines) is 1. The number of ketones is 1. The van der Waals surface area contributed by atoms with Crippen LogP contribution in [-0.4, -0.2) is 35.4 Å². The molecule has 0 amide bonds. The average Bonchev–Trinajstić information content (AvgIpc) is 2.37. The molecule has 104 valence electrons. The smallest absolute Gasteiger partial charge is 0.179 e. The van der Waals surface area contributed by atoms with Crippen LogP contribution in [0.4, 0.5) is 0 Å². The van der Waals surface area contributed by atoms with Gasteiger partial charge < -0.3 is 5.11 Å². The predicted molar refractivity (Wildman–Crippen MR) is 85.8 cm³/mol. The van der Waals surface area contributed by atoms with Gasteiger partial charge in [-0.15, -0.1) is 0 Å². The van der Waals surface area contributed by atoms with Crippen molar-refractivity contribution in [3.8, 4) is 5.75 Å². The first-order valence-corrected chi connectivity index (χ1v) is 8.50. The molecule has 0 spiro atoms. The van der Waals surface area contributed by atoms with E-state index < -0.39 is 0 Å². The molecule has 6 heteroatoms. The lowest BCUT2D eigenvalue weighted by molar-refractivity contribution is 0.0913. The minimum absolute atomic E-state index is 0.0171. The summed E-state index contributed by atoms with van der Waals surface area (Å²) in [6, 6.07) is 1.70. The van der Waals surface area contributed by atoms with Crippen LogP contribution in [0, 0.1) is 0 Å². The molecule has 0 aliphatic carbocycles. The Hall–Kier alpha value is 0.0900. The summed E-state index contributed by atoms with van der Waals surface area (Å²) in [5.74, 6) is 0.0774. The van der Waals surface area contributed by atoms with Gasteiger partial charge >= 0.3 is 0 Å². The third-order valence-electron chi connectivity index (χ3n) is 3.24. The molecule has 1 aliphatic heterocycles. The van der Waals surface area contributed by atoms with E-state index in [1.807, 2.05) is 0 Å². The fourth-order valence-corrected chi connectivity index (χ4v) is 4.80. The Morgan fingerprint density at radius 2 is 1.79 bits per heavy atom. The number of nitrogens with zero attached hydrogens (tertiary/aromatic N) is 1. The predicted octanol–water partition coefficient (Wildman–Crippen LogP) is 4.35. The first-order chi connectivity index (χ1) is 9.00. The summed E-state index contributed by atoms with van der Waals surface area (Å²) in [5.41, 5.74) is 0.506. The molecule has 0 aromatic heterocycles. The molecule has 1 N–H and O–H groups in total. The molecular weight excluding hydrogens is 442 g/mol. The maximum atomic E-state index is 12.4. The zero-order valence-electron chi connectivity index (χ0n) is 10.3. The fourth-order valence-electron chi connectivity index (χ4n) is 2.24. The summed E-state index contributed by atoms with van der Waals surface area (Å²) in [6.45, 7) is 2.35. The van der Waals surface area contributed by atoms with Crippen LogP contribution in [0.25, 0.3) is 0 Å². The Kier molecular flexibility index (Phi) is 5.45. The number of piperidine rings is 1. The summed E-state index contributed by atoms with van der Waals surface area (Å²) in [7, 11) is 0. The van der Waals surface area contributed by atoms with E-state index in [2.05, 4.69) is 52.7 Å². The van der Waals surface area contributed by atoms with Crippen LogP contribution in [0.5, 0.6) is 5.75 Å². The van der Waals surface area contributed by atoms with Crippen LogP contribution < -0.4 is 0 Å². The normalized spacial score (nSPS) is 16.6. The standard InChI is InChI=1S/C13H14Br3NO2/c14-8-6-9(15)13(19)12(16)11(8)10(18)7-17-4-2-1-3-5-17/h6,19H,1-5,7H2. The second-order valence-corrected chi connectivity index (χ2v) is 7.14. The molecule has 0 bridgehead atoms. The molecule has 1 saturated heterocycles. The van der Waals surface area contributed by atoms with E-state index >= 15 is 0 Å². The van der Waals surface area contributed by atoms with Gasteiger partial charge in [0.25, 0.3) is 0 Å². The maximum absolute atomic E-state index is 12.4. The van der Waals surface area contributed by atoms with E-state index in [9.17, 15) is 9.90 Å². The van der Waals surface area contributed by atoms with Gasteiger partial charge in [0.05, 0.1) is 21.1 Å². The zero-order valence-corrected chi connectivity index (χ0v) is 15.0. The topological polar surface area (TPSA) is 40.5 Å². The van der Waals surface area contributed by atoms with Crippen molar-refractivity contribution in [3.63, 3.8) is 0 Å². The number of phenolic OH excluding ortho intramolecular Hbond substituents is 1. The zero-order chi connectivity index (χ0) is 14.0. The largest absolute Gasteiger partial charge is 0.506 e. The van der Waals surface area contributed by atoms with Crippen LogP contribution in [0.1, 0.15) is 29.6 Å². The Labute approximate surface area is 137 Å². The number of rotatable bonds is 3. The number of carbonyl (C=O) groups is 1. The molecule has 0 atom stereocenters. The summed E-state index contributed by atoms with van der Waals surface area (Å²) >= 11 is 9.93. The molecule has 3 nitrogen and oxygen atoms in total. The van der Waals surface area contributed by atoms with Crippen LogP contribution in [0.15, 0.2) is 19.5 Å². The number of phenols is 1. The highest BCUT2D eigenvalue weighted by Gasteiger charge is 2.22. The van der Waals surface area contributed by atoms with Crippen LogP contribution in [-0.2, 0) is 0 Å². The molecule has 1 heterocycles. The summed E-state index contributed by atoms with van der Waals surface area (Å²) in [4.78, 5) is 14.6. The highest BCUT2D eigenvalue weighted by molar-refractivity contribution is 9.11. The van der Waals surface area contributed by atoms with E-state index in [0.29, 0.717) is 25.5 Å². The van der Waals surface area contributed by atoms with Gasteiger partial charge in [-0.05, 0) is 79.8 Å². The van der Waals surface area contributed by atoms with E-state index in [-0.39, 0.29) is 11.5 Å². The molecule has 1 fully saturated rings. The second-order valence-electron chi connectivity index (χ2n) is 4.64. The Morgan fingerprint density at radius 3 is 2.42 bits per heavy atom. The summed E-state index contributed by atoms with van der Waals surface area (Å²) in [5, 5.41) is 9.89. The number of hydrogen-bond donors (Lipinski definition) is 1. The maximum Gasteiger partial charge on any atom is 0.179 e. The number of carbonyl (C=O) groups excluding carboxylic acids is 1. The van der Waals surface area contributed by atoms with Crippen molar-refractivity contribution in [2.75, 3.05) is 19.6 Å². The second kappa shape index (κ2) is 6.70. The van der Waals surface area contributed by atoms with Crippen molar-refractivity contribution in [2.24, 2.45) is 0 Å². The third kappa shape index (κ3) is 3.60. The van der Waals surface area contributed by atoms with Gasteiger partial charge in [-0.3, -0.25) is 9.69 Å². The number of Topliss-reactive ketones (excluding diaryl/α,β-unsaturated/α-hetero) is 1. The first kappa shape index (κ1) is 15.5. The van der Waals surface area contributed by atoms with Gasteiger partial charge in [0.1, 0.15) is 5.75 Å². The first-order valence-electron chi connectivity index (χ1n) is 6.12. The van der Waals surface area contributed by atoms with E-state index in [4.69, 9.17) is 0 Å². The summed E-state index contributed by atoms with van der Waals surface area (Å²) in [6.07, 6.45) is 3.56. The SMILES string of the molecule is O=C(CN1CCCCC1)c1c(Br)cc(Br)c(O)c1Br. The Bertz CT molecular complexity index is 499. The molecule has 0 unspecified atom stereocenters. The van der Waals surface area contributed by atoms with Crippen molar-refractivity contribution in [3.05, 3.63) is 25.0 Å². The lowest BCUT2D eigenvalue weighted by Crippen LogP contribution is -2.34. The number of benzene rings is 1. The Morgan fingerprint density at radius 1 is 1.16 bits per heavy atom. The lowest BCUT2D eigenvalue weighted by Gasteiger charge is -2.26. The molecular formula is C13H14Br3NO2. The molecule has 1 aromatic rings. The molecule has 1 aromatic carbocycles. The molecule has 0 saturated carbocycles. The van der Waals surface area contributed by atoms with Crippen LogP contribution in [0.3, 0.4) is 0 Å². The number of hydrogen-bond acceptors (Lipinski definition) is 3. The average molecular weight is 456 g/mol. The minimum atomic E-state index is 0.0171. The lowest BCUT2D eigenvalue weighted by atomic mass is 10.1. The van der Waals surface area contributed by atoms with Gasteiger partial charge in [0.15, 0.2) is 5.78 Å². The van der Waals surface area contributed by atoms with Crippen molar-refractivity contribution in [2.45, 2.75) is 19.3 Å². The molecule has 2 rings (SSSR count).